The number of nitrogens with one attached hydrogen (secondary N) is 1. The Hall–Kier alpha value is -0.160. The number of halogens is 2. The van der Waals surface area contributed by atoms with E-state index in [-0.39, 0.29) is 0 Å². The summed E-state index contributed by atoms with van der Waals surface area (Å²) in [5.74, 6) is 0. The largest absolute Gasteiger partial charge is 0.310 e. The molecule has 2 rings (SSSR count). The lowest BCUT2D eigenvalue weighted by molar-refractivity contribution is 0.550. The van der Waals surface area contributed by atoms with E-state index in [9.17, 15) is 0 Å². The molecule has 0 aliphatic rings. The summed E-state index contributed by atoms with van der Waals surface area (Å²) in [6, 6.07) is 11.0. The zero-order valence-electron chi connectivity index (χ0n) is 10.1. The van der Waals surface area contributed by atoms with Crippen molar-refractivity contribution in [2.45, 2.75) is 19.4 Å². The second-order valence-electron chi connectivity index (χ2n) is 4.09. The third-order valence-electron chi connectivity index (χ3n) is 2.82. The fourth-order valence-electron chi connectivity index (χ4n) is 1.94. The van der Waals surface area contributed by atoms with Crippen LogP contribution in [0.1, 0.15) is 24.1 Å². The van der Waals surface area contributed by atoms with Crippen LogP contribution in [-0.4, -0.2) is 6.54 Å². The van der Waals surface area contributed by atoms with Crippen LogP contribution >= 0.6 is 43.2 Å². The van der Waals surface area contributed by atoms with Crippen molar-refractivity contribution in [3.05, 3.63) is 55.1 Å². The van der Waals surface area contributed by atoms with Gasteiger partial charge in [0.05, 0.1) is 3.79 Å². The Labute approximate surface area is 129 Å². The van der Waals surface area contributed by atoms with Crippen LogP contribution in [0.25, 0.3) is 0 Å². The quantitative estimate of drug-likeness (QED) is 0.745. The summed E-state index contributed by atoms with van der Waals surface area (Å²) in [5, 5.41) is 5.77. The predicted octanol–water partition coefficient (Wildman–Crippen LogP) is 5.17. The Morgan fingerprint density at radius 2 is 2.06 bits per heavy atom. The molecule has 0 radical (unpaired) electrons. The van der Waals surface area contributed by atoms with Gasteiger partial charge in [0.15, 0.2) is 0 Å². The standard InChI is InChI=1S/C14H15Br2NS/c1-2-17-13(11-8-14(16)18-9-11)7-10-5-3-4-6-12(10)15/h3-6,8-9,13,17H,2,7H2,1H3. The van der Waals surface area contributed by atoms with E-state index in [0.717, 1.165) is 13.0 Å². The molecule has 1 aromatic carbocycles. The van der Waals surface area contributed by atoms with Gasteiger partial charge in [0.2, 0.25) is 0 Å². The number of rotatable bonds is 5. The Morgan fingerprint density at radius 1 is 1.28 bits per heavy atom. The minimum absolute atomic E-state index is 0.372. The van der Waals surface area contributed by atoms with Gasteiger partial charge < -0.3 is 5.32 Å². The minimum atomic E-state index is 0.372. The topological polar surface area (TPSA) is 12.0 Å². The van der Waals surface area contributed by atoms with Crippen molar-refractivity contribution in [2.75, 3.05) is 6.54 Å². The summed E-state index contributed by atoms with van der Waals surface area (Å²) in [6.45, 7) is 3.12. The van der Waals surface area contributed by atoms with Gasteiger partial charge in [-0.2, -0.15) is 0 Å². The van der Waals surface area contributed by atoms with E-state index < -0.39 is 0 Å². The highest BCUT2D eigenvalue weighted by Crippen LogP contribution is 2.29. The van der Waals surface area contributed by atoms with Gasteiger partial charge in [-0.05, 0) is 57.5 Å². The van der Waals surface area contributed by atoms with Gasteiger partial charge in [0.1, 0.15) is 0 Å². The first-order valence-corrected chi connectivity index (χ1v) is 8.38. The maximum absolute atomic E-state index is 3.62. The molecule has 2 aromatic rings. The first-order valence-electron chi connectivity index (χ1n) is 5.91. The van der Waals surface area contributed by atoms with Crippen LogP contribution in [0.5, 0.6) is 0 Å². The van der Waals surface area contributed by atoms with Crippen molar-refractivity contribution in [3.8, 4) is 0 Å². The molecular weight excluding hydrogens is 374 g/mol. The van der Waals surface area contributed by atoms with Gasteiger partial charge in [-0.15, -0.1) is 11.3 Å². The van der Waals surface area contributed by atoms with Crippen LogP contribution in [0.2, 0.25) is 0 Å². The summed E-state index contributed by atoms with van der Waals surface area (Å²) in [5.41, 5.74) is 2.69. The molecule has 1 unspecified atom stereocenters. The van der Waals surface area contributed by atoms with E-state index in [1.807, 2.05) is 0 Å². The lowest BCUT2D eigenvalue weighted by Gasteiger charge is -2.17. The molecule has 0 spiro atoms. The molecular formula is C14H15Br2NS. The number of hydrogen-bond donors (Lipinski definition) is 1. The molecule has 4 heteroatoms. The monoisotopic (exact) mass is 387 g/mol. The summed E-state index contributed by atoms with van der Waals surface area (Å²) in [7, 11) is 0. The zero-order chi connectivity index (χ0) is 13.0. The highest BCUT2D eigenvalue weighted by Gasteiger charge is 2.14. The molecule has 1 atom stereocenters. The summed E-state index contributed by atoms with van der Waals surface area (Å²) < 4.78 is 2.37. The summed E-state index contributed by atoms with van der Waals surface area (Å²) in [6.07, 6.45) is 0.998. The van der Waals surface area contributed by atoms with Gasteiger partial charge in [0, 0.05) is 10.5 Å². The summed E-state index contributed by atoms with van der Waals surface area (Å²) in [4.78, 5) is 0. The van der Waals surface area contributed by atoms with Crippen LogP contribution in [-0.2, 0) is 6.42 Å². The van der Waals surface area contributed by atoms with Crippen molar-refractivity contribution in [1.82, 2.24) is 5.32 Å². The van der Waals surface area contributed by atoms with Crippen LogP contribution in [0.15, 0.2) is 44.0 Å². The first kappa shape index (κ1) is 14.3. The van der Waals surface area contributed by atoms with Gasteiger partial charge in [0.25, 0.3) is 0 Å². The van der Waals surface area contributed by atoms with Crippen molar-refractivity contribution < 1.29 is 0 Å². The average molecular weight is 389 g/mol. The van der Waals surface area contributed by atoms with Crippen molar-refractivity contribution in [2.24, 2.45) is 0 Å². The van der Waals surface area contributed by atoms with E-state index in [2.05, 4.69) is 79.8 Å². The number of thiophene rings is 1. The molecule has 0 saturated heterocycles. The third kappa shape index (κ3) is 3.67. The molecule has 0 aliphatic heterocycles. The molecule has 1 aromatic heterocycles. The first-order chi connectivity index (χ1) is 8.70. The maximum atomic E-state index is 3.62. The summed E-state index contributed by atoms with van der Waals surface area (Å²) >= 11 is 8.89. The van der Waals surface area contributed by atoms with Gasteiger partial charge >= 0.3 is 0 Å². The molecule has 0 amide bonds. The number of hydrogen-bond acceptors (Lipinski definition) is 2. The average Bonchev–Trinajstić information content (AvgIpc) is 2.78. The van der Waals surface area contributed by atoms with Crippen molar-refractivity contribution >= 4 is 43.2 Å². The van der Waals surface area contributed by atoms with Crippen LogP contribution < -0.4 is 5.32 Å². The van der Waals surface area contributed by atoms with Gasteiger partial charge in [-0.3, -0.25) is 0 Å². The fraction of sp³-hybridized carbons (Fsp3) is 0.286. The molecule has 18 heavy (non-hydrogen) atoms. The second kappa shape index (κ2) is 6.85. The number of benzene rings is 1. The van der Waals surface area contributed by atoms with E-state index in [4.69, 9.17) is 0 Å². The Kier molecular flexibility index (Phi) is 5.42. The normalized spacial score (nSPS) is 12.6. The zero-order valence-corrected chi connectivity index (χ0v) is 14.1. The lowest BCUT2D eigenvalue weighted by Crippen LogP contribution is -2.22. The minimum Gasteiger partial charge on any atom is -0.310 e. The lowest BCUT2D eigenvalue weighted by atomic mass is 10.0. The molecule has 1 N–H and O–H groups in total. The molecule has 0 fully saturated rings. The molecule has 0 bridgehead atoms. The van der Waals surface area contributed by atoms with Gasteiger partial charge in [-0.25, -0.2) is 0 Å². The van der Waals surface area contributed by atoms with E-state index >= 15 is 0 Å². The van der Waals surface area contributed by atoms with E-state index in [0.29, 0.717) is 6.04 Å². The van der Waals surface area contributed by atoms with Crippen LogP contribution in [0.3, 0.4) is 0 Å². The molecule has 1 nitrogen and oxygen atoms in total. The Bertz CT molecular complexity index is 510. The highest BCUT2D eigenvalue weighted by atomic mass is 79.9. The van der Waals surface area contributed by atoms with Crippen LogP contribution in [0, 0.1) is 0 Å². The highest BCUT2D eigenvalue weighted by molar-refractivity contribution is 9.11. The number of likely N-dealkylation sites (N-methyl/N-ethyl adjacent to an activating group) is 1. The molecule has 0 saturated carbocycles. The van der Waals surface area contributed by atoms with E-state index in [1.165, 1.54) is 19.4 Å². The molecule has 96 valence electrons. The Morgan fingerprint density at radius 3 is 2.67 bits per heavy atom. The molecule has 0 aliphatic carbocycles. The van der Waals surface area contributed by atoms with Gasteiger partial charge in [-0.1, -0.05) is 41.1 Å². The predicted molar refractivity (Wildman–Crippen MR) is 86.3 cm³/mol. The Balaban J connectivity index is 2.19. The third-order valence-corrected chi connectivity index (χ3v) is 5.12. The van der Waals surface area contributed by atoms with Crippen LogP contribution in [0.4, 0.5) is 0 Å². The maximum Gasteiger partial charge on any atom is 0.0701 e. The van der Waals surface area contributed by atoms with E-state index in [1.54, 1.807) is 11.3 Å². The smallest absolute Gasteiger partial charge is 0.0701 e. The molecule has 1 heterocycles. The van der Waals surface area contributed by atoms with Crippen molar-refractivity contribution in [3.63, 3.8) is 0 Å². The SMILES string of the molecule is CCNC(Cc1ccccc1Br)c1csc(Br)c1. The fourth-order valence-corrected chi connectivity index (χ4v) is 3.62. The van der Waals surface area contributed by atoms with Crippen molar-refractivity contribution in [1.29, 1.82) is 0 Å². The second-order valence-corrected chi connectivity index (χ2v) is 7.23.